The van der Waals surface area contributed by atoms with Gasteiger partial charge in [-0.05, 0) is 31.8 Å². The maximum atomic E-state index is 9.49. The maximum Gasteiger partial charge on any atom is 0.0784 e. The maximum absolute atomic E-state index is 9.49. The summed E-state index contributed by atoms with van der Waals surface area (Å²) in [6.07, 6.45) is 7.06. The van der Waals surface area contributed by atoms with Gasteiger partial charge in [0.2, 0.25) is 0 Å². The topological polar surface area (TPSA) is 20.2 Å². The van der Waals surface area contributed by atoms with Crippen LogP contribution in [0, 0.1) is 0 Å². The average Bonchev–Trinajstić information content (AvgIpc) is 2.03. The zero-order valence-electron chi connectivity index (χ0n) is 7.30. The summed E-state index contributed by atoms with van der Waals surface area (Å²) in [4.78, 5) is 0. The minimum absolute atomic E-state index is 0.245. The molecule has 11 heavy (non-hydrogen) atoms. The van der Waals surface area contributed by atoms with E-state index in [0.717, 1.165) is 24.8 Å². The van der Waals surface area contributed by atoms with Crippen molar-refractivity contribution in [2.75, 3.05) is 0 Å². The van der Waals surface area contributed by atoms with Gasteiger partial charge in [-0.2, -0.15) is 0 Å². The first-order valence-electron chi connectivity index (χ1n) is 4.29. The molecule has 0 radical (unpaired) electrons. The molecule has 0 aromatic carbocycles. The van der Waals surface area contributed by atoms with Gasteiger partial charge in [0.25, 0.3) is 0 Å². The molecule has 0 saturated carbocycles. The molecule has 0 unspecified atom stereocenters. The van der Waals surface area contributed by atoms with Crippen LogP contribution in [0.25, 0.3) is 0 Å². The number of hydrogen-bond acceptors (Lipinski definition) is 1. The monoisotopic (exact) mass is 152 g/mol. The molecule has 62 valence electrons. The van der Waals surface area contributed by atoms with Crippen molar-refractivity contribution in [3.63, 3.8) is 0 Å². The highest BCUT2D eigenvalue weighted by molar-refractivity contribution is 5.29. The van der Waals surface area contributed by atoms with Crippen molar-refractivity contribution in [3.8, 4) is 0 Å². The molecule has 0 saturated heterocycles. The molecule has 0 aliphatic heterocycles. The fourth-order valence-electron chi connectivity index (χ4n) is 1.35. The van der Waals surface area contributed by atoms with E-state index >= 15 is 0 Å². The molecular weight excluding hydrogens is 136 g/mol. The van der Waals surface area contributed by atoms with Gasteiger partial charge in [0.1, 0.15) is 0 Å². The lowest BCUT2D eigenvalue weighted by Crippen LogP contribution is -2.08. The van der Waals surface area contributed by atoms with Gasteiger partial charge in [-0.3, -0.25) is 0 Å². The van der Waals surface area contributed by atoms with Gasteiger partial charge in [0, 0.05) is 0 Å². The summed E-state index contributed by atoms with van der Waals surface area (Å²) in [6, 6.07) is 0. The van der Waals surface area contributed by atoms with Crippen LogP contribution in [-0.4, -0.2) is 11.2 Å². The van der Waals surface area contributed by atoms with Crippen molar-refractivity contribution in [1.82, 2.24) is 0 Å². The average molecular weight is 152 g/mol. The highest BCUT2D eigenvalue weighted by atomic mass is 16.3. The lowest BCUT2D eigenvalue weighted by molar-refractivity contribution is 0.209. The van der Waals surface area contributed by atoms with E-state index in [9.17, 15) is 5.11 Å². The summed E-state index contributed by atoms with van der Waals surface area (Å²) in [5.74, 6) is 0. The van der Waals surface area contributed by atoms with Crippen LogP contribution in [0.1, 0.15) is 33.1 Å². The quantitative estimate of drug-likeness (QED) is 0.644. The zero-order valence-corrected chi connectivity index (χ0v) is 7.30. The largest absolute Gasteiger partial charge is 0.388 e. The number of hydrogen-bond donors (Lipinski definition) is 1. The Morgan fingerprint density at radius 3 is 2.91 bits per heavy atom. The van der Waals surface area contributed by atoms with Gasteiger partial charge >= 0.3 is 0 Å². The predicted molar refractivity (Wildman–Crippen MR) is 47.4 cm³/mol. The molecule has 0 aromatic rings. The van der Waals surface area contributed by atoms with E-state index in [1.54, 1.807) is 0 Å². The van der Waals surface area contributed by atoms with E-state index in [-0.39, 0.29) is 6.10 Å². The second-order valence-corrected chi connectivity index (χ2v) is 3.16. The summed E-state index contributed by atoms with van der Waals surface area (Å²) in [5.41, 5.74) is 2.49. The Morgan fingerprint density at radius 1 is 1.64 bits per heavy atom. The summed E-state index contributed by atoms with van der Waals surface area (Å²) in [5, 5.41) is 9.49. The van der Waals surface area contributed by atoms with Crippen molar-refractivity contribution in [2.45, 2.75) is 39.2 Å². The number of aliphatic hydroxyl groups is 1. The standard InChI is InChI=1S/C10H16O/c1-3-10(11)9-6-4-5-8(2)7-9/h6-7,10-11H,3-5H2,1-2H3/t10-/m0/s1. The molecule has 1 aliphatic carbocycles. The van der Waals surface area contributed by atoms with E-state index < -0.39 is 0 Å². The molecule has 0 aromatic heterocycles. The Labute approximate surface area is 68.4 Å². The van der Waals surface area contributed by atoms with Crippen molar-refractivity contribution in [3.05, 3.63) is 23.3 Å². The van der Waals surface area contributed by atoms with Crippen LogP contribution in [0.4, 0.5) is 0 Å². The number of rotatable bonds is 2. The highest BCUT2D eigenvalue weighted by Gasteiger charge is 2.08. The lowest BCUT2D eigenvalue weighted by Gasteiger charge is -2.14. The summed E-state index contributed by atoms with van der Waals surface area (Å²) in [7, 11) is 0. The van der Waals surface area contributed by atoms with Crippen LogP contribution < -0.4 is 0 Å². The Balaban J connectivity index is 2.65. The third kappa shape index (κ3) is 2.19. The fraction of sp³-hybridized carbons (Fsp3) is 0.600. The molecule has 0 heterocycles. The molecule has 1 heteroatoms. The van der Waals surface area contributed by atoms with Crippen LogP contribution in [-0.2, 0) is 0 Å². The molecule has 1 atom stereocenters. The van der Waals surface area contributed by atoms with Crippen molar-refractivity contribution in [2.24, 2.45) is 0 Å². The van der Waals surface area contributed by atoms with Crippen molar-refractivity contribution >= 4 is 0 Å². The first kappa shape index (κ1) is 8.54. The molecule has 1 N–H and O–H groups in total. The molecule has 1 aliphatic rings. The molecular formula is C10H16O. The summed E-state index contributed by atoms with van der Waals surface area (Å²) in [6.45, 7) is 4.12. The van der Waals surface area contributed by atoms with Gasteiger partial charge in [-0.15, -0.1) is 0 Å². The third-order valence-corrected chi connectivity index (χ3v) is 2.10. The van der Waals surface area contributed by atoms with Gasteiger partial charge < -0.3 is 5.11 Å². The Morgan fingerprint density at radius 2 is 2.36 bits per heavy atom. The van der Waals surface area contributed by atoms with Crippen molar-refractivity contribution < 1.29 is 5.11 Å². The van der Waals surface area contributed by atoms with E-state index in [1.807, 2.05) is 6.92 Å². The van der Waals surface area contributed by atoms with Gasteiger partial charge in [-0.25, -0.2) is 0 Å². The van der Waals surface area contributed by atoms with Gasteiger partial charge in [-0.1, -0.05) is 24.6 Å². The second-order valence-electron chi connectivity index (χ2n) is 3.16. The first-order chi connectivity index (χ1) is 5.24. The molecule has 0 amide bonds. The normalized spacial score (nSPS) is 20.6. The Hall–Kier alpha value is -0.560. The summed E-state index contributed by atoms with van der Waals surface area (Å²) >= 11 is 0. The van der Waals surface area contributed by atoms with Crippen LogP contribution in [0.5, 0.6) is 0 Å². The third-order valence-electron chi connectivity index (χ3n) is 2.10. The second kappa shape index (κ2) is 3.72. The van der Waals surface area contributed by atoms with Crippen LogP contribution in [0.3, 0.4) is 0 Å². The van der Waals surface area contributed by atoms with Crippen LogP contribution in [0.2, 0.25) is 0 Å². The Bertz CT molecular complexity index is 189. The first-order valence-corrected chi connectivity index (χ1v) is 4.29. The lowest BCUT2D eigenvalue weighted by atomic mass is 9.96. The molecule has 1 rings (SSSR count). The van der Waals surface area contributed by atoms with Crippen LogP contribution in [0.15, 0.2) is 23.3 Å². The number of aliphatic hydroxyl groups excluding tert-OH is 1. The SMILES string of the molecule is CC[C@H](O)C1=CCCC(C)=C1. The molecule has 0 spiro atoms. The van der Waals surface area contributed by atoms with E-state index in [2.05, 4.69) is 19.1 Å². The van der Waals surface area contributed by atoms with Gasteiger partial charge in [0.15, 0.2) is 0 Å². The highest BCUT2D eigenvalue weighted by Crippen LogP contribution is 2.20. The number of allylic oxidation sites excluding steroid dienone is 2. The van der Waals surface area contributed by atoms with E-state index in [0.29, 0.717) is 0 Å². The minimum Gasteiger partial charge on any atom is -0.388 e. The zero-order chi connectivity index (χ0) is 8.27. The van der Waals surface area contributed by atoms with Crippen LogP contribution >= 0.6 is 0 Å². The Kier molecular flexibility index (Phi) is 2.89. The molecule has 1 nitrogen and oxygen atoms in total. The molecule has 0 bridgehead atoms. The smallest absolute Gasteiger partial charge is 0.0784 e. The fourth-order valence-corrected chi connectivity index (χ4v) is 1.35. The molecule has 0 fully saturated rings. The van der Waals surface area contributed by atoms with Crippen molar-refractivity contribution in [1.29, 1.82) is 0 Å². The van der Waals surface area contributed by atoms with Gasteiger partial charge in [0.05, 0.1) is 6.10 Å². The van der Waals surface area contributed by atoms with E-state index in [4.69, 9.17) is 0 Å². The van der Waals surface area contributed by atoms with E-state index in [1.165, 1.54) is 5.57 Å². The predicted octanol–water partition coefficient (Wildman–Crippen LogP) is 2.42. The minimum atomic E-state index is -0.245. The summed E-state index contributed by atoms with van der Waals surface area (Å²) < 4.78 is 0.